The molecule has 0 aliphatic carbocycles. The molecule has 0 saturated heterocycles. The minimum absolute atomic E-state index is 0.369. The van der Waals surface area contributed by atoms with E-state index in [9.17, 15) is 4.79 Å². The van der Waals surface area contributed by atoms with Crippen LogP contribution in [-0.4, -0.2) is 28.6 Å². The third kappa shape index (κ3) is 3.10. The Hall–Kier alpha value is -2.47. The van der Waals surface area contributed by atoms with E-state index in [0.717, 1.165) is 16.5 Å². The van der Waals surface area contributed by atoms with Gasteiger partial charge < -0.3 is 9.47 Å². The van der Waals surface area contributed by atoms with Crippen molar-refractivity contribution in [2.75, 3.05) is 7.11 Å². The molecule has 0 aliphatic heterocycles. The Morgan fingerprint density at radius 2 is 1.83 bits per heavy atom. The molecule has 1 aromatic carbocycles. The quantitative estimate of drug-likeness (QED) is 0.663. The van der Waals surface area contributed by atoms with Crippen LogP contribution < -0.4 is 4.74 Å². The fourth-order valence-electron chi connectivity index (χ4n) is 2.41. The zero-order valence-corrected chi connectivity index (χ0v) is 14.8. The third-order valence-corrected chi connectivity index (χ3v) is 4.37. The van der Waals surface area contributed by atoms with Gasteiger partial charge in [-0.1, -0.05) is 30.3 Å². The monoisotopic (exact) mass is 342 g/mol. The van der Waals surface area contributed by atoms with E-state index in [1.54, 1.807) is 7.11 Å². The number of nitrogens with zero attached hydrogens (tertiary/aromatic N) is 2. The smallest absolute Gasteiger partial charge is 0.349 e. The van der Waals surface area contributed by atoms with Crippen molar-refractivity contribution >= 4 is 27.5 Å². The van der Waals surface area contributed by atoms with Crippen LogP contribution in [0.25, 0.3) is 21.3 Å². The van der Waals surface area contributed by atoms with Gasteiger partial charge in [0.2, 0.25) is 5.88 Å². The Labute approximate surface area is 144 Å². The maximum atomic E-state index is 12.7. The van der Waals surface area contributed by atoms with Crippen molar-refractivity contribution < 1.29 is 14.3 Å². The highest BCUT2D eigenvalue weighted by atomic mass is 32.1. The van der Waals surface area contributed by atoms with Crippen molar-refractivity contribution in [1.29, 1.82) is 0 Å². The normalized spacial score (nSPS) is 11.5. The zero-order chi connectivity index (χ0) is 17.3. The highest BCUT2D eigenvalue weighted by Crippen LogP contribution is 2.42. The average Bonchev–Trinajstić information content (AvgIpc) is 2.93. The number of fused-ring (bicyclic) bond motifs is 1. The van der Waals surface area contributed by atoms with Gasteiger partial charge in [0, 0.05) is 5.56 Å². The summed E-state index contributed by atoms with van der Waals surface area (Å²) in [5.74, 6) is 0.0799. The number of carbonyl (C=O) groups is 1. The first-order chi connectivity index (χ1) is 11.4. The lowest BCUT2D eigenvalue weighted by molar-refractivity contribution is 0.00761. The number of carbonyl (C=O) groups excluding carboxylic acids is 1. The van der Waals surface area contributed by atoms with Gasteiger partial charge in [0.15, 0.2) is 0 Å². The highest BCUT2D eigenvalue weighted by Gasteiger charge is 2.27. The number of benzene rings is 1. The minimum Gasteiger partial charge on any atom is -0.480 e. The van der Waals surface area contributed by atoms with Crippen molar-refractivity contribution in [1.82, 2.24) is 9.97 Å². The molecule has 0 N–H and O–H groups in total. The summed E-state index contributed by atoms with van der Waals surface area (Å²) in [6, 6.07) is 9.67. The molecular formula is C18H18N2O3S. The molecule has 0 unspecified atom stereocenters. The fourth-order valence-corrected chi connectivity index (χ4v) is 3.44. The second-order valence-electron chi connectivity index (χ2n) is 6.24. The van der Waals surface area contributed by atoms with Crippen LogP contribution in [0.15, 0.2) is 36.7 Å². The maximum absolute atomic E-state index is 12.7. The van der Waals surface area contributed by atoms with Gasteiger partial charge in [-0.25, -0.2) is 14.8 Å². The average molecular weight is 342 g/mol. The van der Waals surface area contributed by atoms with Crippen LogP contribution in [0.2, 0.25) is 0 Å². The number of aromatic nitrogens is 2. The molecule has 0 spiro atoms. The van der Waals surface area contributed by atoms with Gasteiger partial charge in [0.25, 0.3) is 0 Å². The van der Waals surface area contributed by atoms with E-state index in [0.29, 0.717) is 15.6 Å². The van der Waals surface area contributed by atoms with Gasteiger partial charge >= 0.3 is 5.97 Å². The fraction of sp³-hybridized carbons (Fsp3) is 0.278. The van der Waals surface area contributed by atoms with Gasteiger partial charge in [-0.2, -0.15) is 0 Å². The Balaban J connectivity index is 2.28. The molecule has 24 heavy (non-hydrogen) atoms. The number of thiophene rings is 1. The Morgan fingerprint density at radius 1 is 1.12 bits per heavy atom. The molecule has 3 aromatic rings. The van der Waals surface area contributed by atoms with E-state index in [1.807, 2.05) is 51.1 Å². The molecule has 0 bridgehead atoms. The van der Waals surface area contributed by atoms with Crippen LogP contribution in [0.4, 0.5) is 0 Å². The predicted octanol–water partition coefficient (Wildman–Crippen LogP) is 4.32. The summed E-state index contributed by atoms with van der Waals surface area (Å²) >= 11 is 1.29. The van der Waals surface area contributed by atoms with Crippen molar-refractivity contribution in [3.05, 3.63) is 41.5 Å². The molecular weight excluding hydrogens is 324 g/mol. The minimum atomic E-state index is -0.572. The summed E-state index contributed by atoms with van der Waals surface area (Å²) in [4.78, 5) is 22.4. The van der Waals surface area contributed by atoms with Crippen molar-refractivity contribution in [2.24, 2.45) is 0 Å². The molecule has 0 fully saturated rings. The second-order valence-corrected chi connectivity index (χ2v) is 7.24. The largest absolute Gasteiger partial charge is 0.480 e. The molecule has 0 atom stereocenters. The first-order valence-corrected chi connectivity index (χ1v) is 8.32. The van der Waals surface area contributed by atoms with E-state index in [4.69, 9.17) is 9.47 Å². The summed E-state index contributed by atoms with van der Waals surface area (Å²) in [6.45, 7) is 5.54. The standard InChI is InChI=1S/C18H18N2O3S/c1-18(2,3)23-17(21)14-12(11-8-6-5-7-9-11)13-15(22-4)19-10-20-16(13)24-14/h5-10H,1-4H3. The first-order valence-electron chi connectivity index (χ1n) is 7.51. The van der Waals surface area contributed by atoms with Crippen molar-refractivity contribution in [2.45, 2.75) is 26.4 Å². The molecule has 2 aromatic heterocycles. The Kier molecular flexibility index (Phi) is 4.24. The first kappa shape index (κ1) is 16.4. The van der Waals surface area contributed by atoms with E-state index in [2.05, 4.69) is 9.97 Å². The van der Waals surface area contributed by atoms with Crippen molar-refractivity contribution in [3.63, 3.8) is 0 Å². The second kappa shape index (κ2) is 6.20. The number of rotatable bonds is 3. The topological polar surface area (TPSA) is 61.3 Å². The van der Waals surface area contributed by atoms with Crippen LogP contribution in [0, 0.1) is 0 Å². The lowest BCUT2D eigenvalue weighted by Gasteiger charge is -2.19. The molecule has 3 rings (SSSR count). The van der Waals surface area contributed by atoms with Crippen LogP contribution in [-0.2, 0) is 4.74 Å². The van der Waals surface area contributed by atoms with Gasteiger partial charge in [0.1, 0.15) is 21.6 Å². The Morgan fingerprint density at radius 3 is 2.46 bits per heavy atom. The van der Waals surface area contributed by atoms with Crippen LogP contribution in [0.3, 0.4) is 0 Å². The third-order valence-electron chi connectivity index (χ3n) is 3.29. The molecule has 6 heteroatoms. The lowest BCUT2D eigenvalue weighted by atomic mass is 10.0. The van der Waals surface area contributed by atoms with Crippen molar-refractivity contribution in [3.8, 4) is 17.0 Å². The molecule has 5 nitrogen and oxygen atoms in total. The molecule has 2 heterocycles. The molecule has 0 aliphatic rings. The SMILES string of the molecule is COc1ncnc2sc(C(=O)OC(C)(C)C)c(-c3ccccc3)c12. The molecule has 0 amide bonds. The van der Waals surface area contributed by atoms with Crippen LogP contribution in [0.5, 0.6) is 5.88 Å². The van der Waals surface area contributed by atoms with Crippen LogP contribution >= 0.6 is 11.3 Å². The predicted molar refractivity (Wildman–Crippen MR) is 94.6 cm³/mol. The van der Waals surface area contributed by atoms with E-state index in [-0.39, 0.29) is 5.97 Å². The number of methoxy groups -OCH3 is 1. The summed E-state index contributed by atoms with van der Waals surface area (Å²) in [7, 11) is 1.56. The van der Waals surface area contributed by atoms with Crippen LogP contribution in [0.1, 0.15) is 30.4 Å². The molecule has 0 radical (unpaired) electrons. The molecule has 124 valence electrons. The number of hydrogen-bond acceptors (Lipinski definition) is 6. The van der Waals surface area contributed by atoms with E-state index >= 15 is 0 Å². The van der Waals surface area contributed by atoms with Gasteiger partial charge in [0.05, 0.1) is 12.5 Å². The molecule has 0 saturated carbocycles. The lowest BCUT2D eigenvalue weighted by Crippen LogP contribution is -2.23. The Bertz CT molecular complexity index is 882. The zero-order valence-electron chi connectivity index (χ0n) is 14.0. The maximum Gasteiger partial charge on any atom is 0.349 e. The number of ether oxygens (including phenoxy) is 2. The summed E-state index contributed by atoms with van der Waals surface area (Å²) in [5.41, 5.74) is 1.08. The highest BCUT2D eigenvalue weighted by molar-refractivity contribution is 7.21. The number of hydrogen-bond donors (Lipinski definition) is 0. The van der Waals surface area contributed by atoms with Gasteiger partial charge in [-0.3, -0.25) is 0 Å². The van der Waals surface area contributed by atoms with Gasteiger partial charge in [-0.05, 0) is 26.3 Å². The van der Waals surface area contributed by atoms with E-state index < -0.39 is 5.60 Å². The summed E-state index contributed by atoms with van der Waals surface area (Å²) in [5, 5.41) is 0.733. The summed E-state index contributed by atoms with van der Waals surface area (Å²) in [6.07, 6.45) is 1.44. The van der Waals surface area contributed by atoms with Gasteiger partial charge in [-0.15, -0.1) is 11.3 Å². The number of esters is 1. The summed E-state index contributed by atoms with van der Waals surface area (Å²) < 4.78 is 11.0. The van der Waals surface area contributed by atoms with E-state index in [1.165, 1.54) is 17.7 Å².